The molecule has 1 saturated heterocycles. The van der Waals surface area contributed by atoms with Gasteiger partial charge in [0, 0.05) is 23.6 Å². The summed E-state index contributed by atoms with van der Waals surface area (Å²) in [4.78, 5) is 13.9. The quantitative estimate of drug-likeness (QED) is 0.911. The van der Waals surface area contributed by atoms with Crippen LogP contribution in [-0.4, -0.2) is 36.5 Å². The van der Waals surface area contributed by atoms with Gasteiger partial charge in [0.05, 0.1) is 0 Å². The zero-order chi connectivity index (χ0) is 14.5. The predicted molar refractivity (Wildman–Crippen MR) is 78.0 cm³/mol. The van der Waals surface area contributed by atoms with Crippen molar-refractivity contribution in [2.45, 2.75) is 25.3 Å². The number of benzene rings is 1. The maximum atomic E-state index is 13.6. The van der Waals surface area contributed by atoms with Crippen LogP contribution in [0, 0.1) is 5.82 Å². The van der Waals surface area contributed by atoms with Crippen LogP contribution in [0.2, 0.25) is 0 Å². The number of hydrogen-bond acceptors (Lipinski definition) is 3. The van der Waals surface area contributed by atoms with E-state index < -0.39 is 5.82 Å². The topological polar surface area (TPSA) is 55.6 Å². The fraction of sp³-hybridized carbons (Fsp3) is 0.500. The first-order valence-corrected chi connectivity index (χ1v) is 7.48. The summed E-state index contributed by atoms with van der Waals surface area (Å²) >= 11 is 3.17. The van der Waals surface area contributed by atoms with Crippen LogP contribution >= 0.6 is 15.9 Å². The van der Waals surface area contributed by atoms with E-state index in [4.69, 9.17) is 10.5 Å². The van der Waals surface area contributed by atoms with E-state index in [9.17, 15) is 9.18 Å². The highest BCUT2D eigenvalue weighted by atomic mass is 79.9. The van der Waals surface area contributed by atoms with E-state index in [0.29, 0.717) is 17.6 Å². The summed E-state index contributed by atoms with van der Waals surface area (Å²) in [6.07, 6.45) is 3.00. The van der Waals surface area contributed by atoms with Crippen molar-refractivity contribution in [2.75, 3.05) is 19.7 Å². The summed E-state index contributed by atoms with van der Waals surface area (Å²) in [7, 11) is 0. The Balaban J connectivity index is 1.94. The number of ether oxygens (including phenoxy) is 1. The number of carbonyl (C=O) groups excluding carboxylic acids is 1. The van der Waals surface area contributed by atoms with E-state index >= 15 is 0 Å². The third-order valence-corrected chi connectivity index (χ3v) is 3.96. The molecule has 1 aliphatic rings. The van der Waals surface area contributed by atoms with E-state index in [1.165, 1.54) is 12.1 Å². The second-order valence-corrected chi connectivity index (χ2v) is 5.75. The Bertz CT molecular complexity index is 484. The Morgan fingerprint density at radius 1 is 1.50 bits per heavy atom. The van der Waals surface area contributed by atoms with Crippen molar-refractivity contribution >= 4 is 21.8 Å². The van der Waals surface area contributed by atoms with Crippen LogP contribution in [0.3, 0.4) is 0 Å². The second-order valence-electron chi connectivity index (χ2n) is 4.84. The molecule has 0 saturated carbocycles. The number of amides is 1. The van der Waals surface area contributed by atoms with Gasteiger partial charge in [-0.1, -0.05) is 15.9 Å². The van der Waals surface area contributed by atoms with Crippen molar-refractivity contribution in [3.8, 4) is 5.75 Å². The van der Waals surface area contributed by atoms with Gasteiger partial charge in [0.15, 0.2) is 18.2 Å². The summed E-state index contributed by atoms with van der Waals surface area (Å²) in [6.45, 7) is 1.00. The lowest BCUT2D eigenvalue weighted by Gasteiger charge is -2.34. The maximum absolute atomic E-state index is 13.6. The molecule has 0 radical (unpaired) electrons. The van der Waals surface area contributed by atoms with Gasteiger partial charge in [0.25, 0.3) is 5.91 Å². The Kier molecular flexibility index (Phi) is 5.37. The molecule has 6 heteroatoms. The molecule has 1 unspecified atom stereocenters. The van der Waals surface area contributed by atoms with Crippen molar-refractivity contribution in [1.29, 1.82) is 0 Å². The third-order valence-electron chi connectivity index (χ3n) is 3.46. The van der Waals surface area contributed by atoms with Gasteiger partial charge in [-0.25, -0.2) is 4.39 Å². The molecule has 1 aromatic carbocycles. The number of nitrogens with two attached hydrogens (primary N) is 1. The standard InChI is InChI=1S/C14H18BrFN2O2/c15-10-4-5-13(12(16)7-10)20-9-14(19)18-6-2-1-3-11(18)8-17/h4-5,7,11H,1-3,6,8-9,17H2. The highest BCUT2D eigenvalue weighted by Crippen LogP contribution is 2.22. The van der Waals surface area contributed by atoms with Crippen LogP contribution in [0.5, 0.6) is 5.75 Å². The van der Waals surface area contributed by atoms with E-state index in [1.54, 1.807) is 11.0 Å². The highest BCUT2D eigenvalue weighted by molar-refractivity contribution is 9.10. The van der Waals surface area contributed by atoms with Crippen molar-refractivity contribution in [3.63, 3.8) is 0 Å². The SMILES string of the molecule is NCC1CCCCN1C(=O)COc1ccc(Br)cc1F. The average Bonchev–Trinajstić information content (AvgIpc) is 2.46. The number of halogens is 2. The Labute approximate surface area is 126 Å². The number of rotatable bonds is 4. The van der Waals surface area contributed by atoms with Gasteiger partial charge >= 0.3 is 0 Å². The van der Waals surface area contributed by atoms with Crippen LogP contribution in [0.1, 0.15) is 19.3 Å². The number of piperidine rings is 1. The van der Waals surface area contributed by atoms with Crippen molar-refractivity contribution in [1.82, 2.24) is 4.90 Å². The first-order valence-electron chi connectivity index (χ1n) is 6.69. The third kappa shape index (κ3) is 3.70. The molecule has 0 aromatic heterocycles. The van der Waals surface area contributed by atoms with Gasteiger partial charge < -0.3 is 15.4 Å². The first kappa shape index (κ1) is 15.3. The van der Waals surface area contributed by atoms with Gasteiger partial charge in [-0.15, -0.1) is 0 Å². The predicted octanol–water partition coefficient (Wildman–Crippen LogP) is 2.31. The summed E-state index contributed by atoms with van der Waals surface area (Å²) < 4.78 is 19.5. The van der Waals surface area contributed by atoms with Gasteiger partial charge in [-0.3, -0.25) is 4.79 Å². The molecule has 1 heterocycles. The zero-order valence-corrected chi connectivity index (χ0v) is 12.7. The molecule has 0 aliphatic carbocycles. The second kappa shape index (κ2) is 7.04. The smallest absolute Gasteiger partial charge is 0.260 e. The molecule has 20 heavy (non-hydrogen) atoms. The van der Waals surface area contributed by atoms with Gasteiger partial charge in [-0.2, -0.15) is 0 Å². The molecule has 0 spiro atoms. The number of nitrogens with zero attached hydrogens (tertiary/aromatic N) is 1. The fourth-order valence-corrected chi connectivity index (χ4v) is 2.72. The lowest BCUT2D eigenvalue weighted by Crippen LogP contribution is -2.49. The fourth-order valence-electron chi connectivity index (χ4n) is 2.39. The minimum Gasteiger partial charge on any atom is -0.481 e. The molecule has 1 atom stereocenters. The number of carbonyl (C=O) groups is 1. The van der Waals surface area contributed by atoms with E-state index in [0.717, 1.165) is 19.3 Å². The molecule has 4 nitrogen and oxygen atoms in total. The lowest BCUT2D eigenvalue weighted by atomic mass is 10.0. The molecular formula is C14H18BrFN2O2. The number of likely N-dealkylation sites (tertiary alicyclic amines) is 1. The lowest BCUT2D eigenvalue weighted by molar-refractivity contribution is -0.136. The first-order chi connectivity index (χ1) is 9.61. The monoisotopic (exact) mass is 344 g/mol. The molecule has 0 bridgehead atoms. The largest absolute Gasteiger partial charge is 0.481 e. The minimum atomic E-state index is -0.485. The van der Waals surface area contributed by atoms with Crippen LogP contribution < -0.4 is 10.5 Å². The van der Waals surface area contributed by atoms with Crippen LogP contribution in [0.4, 0.5) is 4.39 Å². The van der Waals surface area contributed by atoms with Gasteiger partial charge in [0.1, 0.15) is 0 Å². The highest BCUT2D eigenvalue weighted by Gasteiger charge is 2.25. The minimum absolute atomic E-state index is 0.0783. The summed E-state index contributed by atoms with van der Waals surface area (Å²) in [5.74, 6) is -0.536. The normalized spacial score (nSPS) is 18.9. The van der Waals surface area contributed by atoms with E-state index in [1.807, 2.05) is 0 Å². The molecule has 1 aliphatic heterocycles. The van der Waals surface area contributed by atoms with Crippen molar-refractivity contribution in [2.24, 2.45) is 5.73 Å². The van der Waals surface area contributed by atoms with E-state index in [2.05, 4.69) is 15.9 Å². The zero-order valence-electron chi connectivity index (χ0n) is 11.1. The molecular weight excluding hydrogens is 327 g/mol. The van der Waals surface area contributed by atoms with Crippen molar-refractivity contribution < 1.29 is 13.9 Å². The molecule has 1 aromatic rings. The molecule has 1 amide bonds. The maximum Gasteiger partial charge on any atom is 0.260 e. The van der Waals surface area contributed by atoms with Crippen LogP contribution in [-0.2, 0) is 4.79 Å². The Morgan fingerprint density at radius 3 is 3.00 bits per heavy atom. The summed E-state index contributed by atoms with van der Waals surface area (Å²) in [5, 5.41) is 0. The van der Waals surface area contributed by atoms with E-state index in [-0.39, 0.29) is 24.3 Å². The molecule has 110 valence electrons. The Hall–Kier alpha value is -1.14. The summed E-state index contributed by atoms with van der Waals surface area (Å²) in [6, 6.07) is 4.56. The van der Waals surface area contributed by atoms with Crippen molar-refractivity contribution in [3.05, 3.63) is 28.5 Å². The van der Waals surface area contributed by atoms with Crippen LogP contribution in [0.15, 0.2) is 22.7 Å². The van der Waals surface area contributed by atoms with Crippen LogP contribution in [0.25, 0.3) is 0 Å². The number of hydrogen-bond donors (Lipinski definition) is 1. The summed E-state index contributed by atoms with van der Waals surface area (Å²) in [5.41, 5.74) is 5.68. The molecule has 2 rings (SSSR count). The average molecular weight is 345 g/mol. The molecule has 2 N–H and O–H groups in total. The Morgan fingerprint density at radius 2 is 2.30 bits per heavy atom. The molecule has 1 fully saturated rings. The van der Waals surface area contributed by atoms with Gasteiger partial charge in [0.2, 0.25) is 0 Å². The van der Waals surface area contributed by atoms with Gasteiger partial charge in [-0.05, 0) is 37.5 Å².